The van der Waals surface area contributed by atoms with Crippen molar-refractivity contribution in [2.45, 2.75) is 0 Å². The molecule has 0 spiro atoms. The summed E-state index contributed by atoms with van der Waals surface area (Å²) in [6, 6.07) is 14.4. The first-order valence-electron chi connectivity index (χ1n) is 10.4. The molecule has 2 heterocycles. The molecule has 0 aliphatic rings. The lowest BCUT2D eigenvalue weighted by Gasteiger charge is -2.17. The zero-order valence-electron chi connectivity index (χ0n) is 17.8. The lowest BCUT2D eigenvalue weighted by molar-refractivity contribution is 1.21. The van der Waals surface area contributed by atoms with Crippen LogP contribution in [0.25, 0.3) is 47.7 Å². The standard InChI is InChI=1S/C24H7B7BrNS/c25-14-12-13-15(26)21(32)18(29)20(31)23(13)33(22(12)19(30)17(28)16(14)27)10-6-3-5-9-8-4-1-2-7-11(8)34-24(9)10/h1-7H. The fourth-order valence-electron chi connectivity index (χ4n) is 4.81. The molecule has 0 bridgehead atoms. The third-order valence-corrected chi connectivity index (χ3v) is 8.54. The van der Waals surface area contributed by atoms with Gasteiger partial charge in [-0.05, 0) is 17.5 Å². The zero-order valence-corrected chi connectivity index (χ0v) is 20.2. The van der Waals surface area contributed by atoms with Crippen molar-refractivity contribution in [1.29, 1.82) is 0 Å². The molecule has 6 aromatic rings. The van der Waals surface area contributed by atoms with Crippen LogP contribution >= 0.6 is 27.3 Å². The summed E-state index contributed by atoms with van der Waals surface area (Å²) >= 11 is 5.15. The van der Waals surface area contributed by atoms with Crippen LogP contribution in [0.1, 0.15) is 0 Å². The van der Waals surface area contributed by atoms with E-state index in [9.17, 15) is 0 Å². The molecule has 10 heteroatoms. The second-order valence-corrected chi connectivity index (χ2v) is 10.1. The Morgan fingerprint density at radius 3 is 1.91 bits per heavy atom. The molecule has 0 unspecified atom stereocenters. The van der Waals surface area contributed by atoms with Gasteiger partial charge in [-0.1, -0.05) is 73.6 Å². The van der Waals surface area contributed by atoms with E-state index in [2.05, 4.69) is 34.1 Å². The van der Waals surface area contributed by atoms with Crippen molar-refractivity contribution in [1.82, 2.24) is 4.57 Å². The number of hydrogen-bond donors (Lipinski definition) is 0. The maximum Gasteiger partial charge on any atom is 0.116 e. The Labute approximate surface area is 218 Å². The normalized spacial score (nSPS) is 11.9. The van der Waals surface area contributed by atoms with Crippen LogP contribution in [-0.2, 0) is 0 Å². The van der Waals surface area contributed by atoms with Gasteiger partial charge in [0, 0.05) is 36.4 Å². The van der Waals surface area contributed by atoms with Crippen molar-refractivity contribution in [3.8, 4) is 5.69 Å². The Kier molecular flexibility index (Phi) is 5.03. The van der Waals surface area contributed by atoms with Crippen molar-refractivity contribution in [2.75, 3.05) is 0 Å². The van der Waals surface area contributed by atoms with E-state index in [1.54, 1.807) is 11.3 Å². The number of aromatic nitrogens is 1. The summed E-state index contributed by atoms with van der Waals surface area (Å²) in [5, 5.41) is 3.47. The topological polar surface area (TPSA) is 4.93 Å². The van der Waals surface area contributed by atoms with Gasteiger partial charge in [0.15, 0.2) is 0 Å². The number of nitrogens with zero attached hydrogens (tertiary/aromatic N) is 1. The average molecular weight is 497 g/mol. The minimum absolute atomic E-state index is 0.204. The highest BCUT2D eigenvalue weighted by atomic mass is 79.9. The van der Waals surface area contributed by atoms with Crippen LogP contribution < -0.4 is 38.2 Å². The van der Waals surface area contributed by atoms with Crippen LogP contribution in [0.15, 0.2) is 46.9 Å². The number of halogens is 1. The number of rotatable bonds is 1. The van der Waals surface area contributed by atoms with Crippen molar-refractivity contribution in [3.05, 3.63) is 46.9 Å². The predicted octanol–water partition coefficient (Wildman–Crippen LogP) is -0.529. The average Bonchev–Trinajstić information content (AvgIpc) is 3.40. The van der Waals surface area contributed by atoms with Gasteiger partial charge in [0.2, 0.25) is 0 Å². The highest BCUT2D eigenvalue weighted by molar-refractivity contribution is 9.10. The number of fused-ring (bicyclic) bond motifs is 6. The van der Waals surface area contributed by atoms with Crippen molar-refractivity contribution in [3.63, 3.8) is 0 Å². The maximum absolute atomic E-state index is 6.61. The van der Waals surface area contributed by atoms with Crippen molar-refractivity contribution in [2.24, 2.45) is 0 Å². The first-order valence-corrected chi connectivity index (χ1v) is 12.0. The third-order valence-electron chi connectivity index (χ3n) is 6.48. The van der Waals surface area contributed by atoms with E-state index in [1.807, 2.05) is 28.8 Å². The van der Waals surface area contributed by atoms with Crippen LogP contribution in [0.2, 0.25) is 0 Å². The van der Waals surface area contributed by atoms with Crippen molar-refractivity contribution >= 4 is 162 Å². The molecule has 1 nitrogen and oxygen atoms in total. The van der Waals surface area contributed by atoms with Gasteiger partial charge in [-0.25, -0.2) is 0 Å². The first kappa shape index (κ1) is 22.3. The van der Waals surface area contributed by atoms with Gasteiger partial charge < -0.3 is 4.57 Å². The summed E-state index contributed by atoms with van der Waals surface area (Å²) < 4.78 is 4.66. The molecule has 142 valence electrons. The van der Waals surface area contributed by atoms with E-state index in [0.29, 0.717) is 48.1 Å². The van der Waals surface area contributed by atoms with E-state index in [0.717, 1.165) is 25.9 Å². The second-order valence-electron chi connectivity index (χ2n) is 8.24. The van der Waals surface area contributed by atoms with Gasteiger partial charge in [0.1, 0.15) is 54.9 Å². The molecule has 0 atom stereocenters. The molecular formula is C24H7B7BrNS. The van der Waals surface area contributed by atoms with E-state index < -0.39 is 0 Å². The smallest absolute Gasteiger partial charge is 0.116 e. The highest BCUT2D eigenvalue weighted by Crippen LogP contribution is 2.39. The van der Waals surface area contributed by atoms with Gasteiger partial charge in [-0.15, -0.1) is 22.3 Å². The minimum Gasteiger partial charge on any atom is -0.309 e. The Bertz CT molecular complexity index is 1780. The molecule has 0 aliphatic heterocycles. The van der Waals surface area contributed by atoms with Crippen molar-refractivity contribution < 1.29 is 0 Å². The molecule has 4 aromatic carbocycles. The van der Waals surface area contributed by atoms with Gasteiger partial charge in [-0.2, -0.15) is 0 Å². The monoisotopic (exact) mass is 497 g/mol. The summed E-state index contributed by atoms with van der Waals surface area (Å²) in [5.41, 5.74) is 4.11. The summed E-state index contributed by atoms with van der Waals surface area (Å²) in [6.07, 6.45) is 0. The van der Waals surface area contributed by atoms with Crippen LogP contribution in [0.5, 0.6) is 0 Å². The summed E-state index contributed by atoms with van der Waals surface area (Å²) in [5.74, 6) is 0. The Morgan fingerprint density at radius 1 is 0.588 bits per heavy atom. The van der Waals surface area contributed by atoms with E-state index >= 15 is 0 Å². The Morgan fingerprint density at radius 2 is 1.18 bits per heavy atom. The summed E-state index contributed by atoms with van der Waals surface area (Å²) in [6.45, 7) is 0. The second kappa shape index (κ2) is 7.67. The molecule has 0 amide bonds. The van der Waals surface area contributed by atoms with Crippen LogP contribution in [0.4, 0.5) is 0 Å². The molecule has 0 aliphatic carbocycles. The Balaban J connectivity index is 1.96. The summed E-state index contributed by atoms with van der Waals surface area (Å²) in [4.78, 5) is 0. The fraction of sp³-hybridized carbons (Fsp3) is 0. The molecule has 34 heavy (non-hydrogen) atoms. The minimum atomic E-state index is 0.204. The van der Waals surface area contributed by atoms with E-state index in [-0.39, 0.29) is 16.4 Å². The fourth-order valence-corrected chi connectivity index (χ4v) is 6.43. The lowest BCUT2D eigenvalue weighted by atomic mass is 9.65. The van der Waals surface area contributed by atoms with Crippen LogP contribution in [-0.4, -0.2) is 59.5 Å². The highest BCUT2D eigenvalue weighted by Gasteiger charge is 2.24. The SMILES string of the molecule is [B]c1c([B])c([B])c2c(c1[B])c1c([B])c(Br)c([B])c([B])c1n2-c1cccc2c1sc1ccccc12. The van der Waals surface area contributed by atoms with Gasteiger partial charge in [-0.3, -0.25) is 0 Å². The molecule has 0 N–H and O–H groups in total. The number of hydrogen-bond acceptors (Lipinski definition) is 1. The molecule has 0 fully saturated rings. The van der Waals surface area contributed by atoms with Gasteiger partial charge in [0.25, 0.3) is 0 Å². The Hall–Kier alpha value is -2.17. The molecular weight excluding hydrogens is 490 g/mol. The zero-order chi connectivity index (χ0) is 24.0. The molecule has 2 aromatic heterocycles. The quantitative estimate of drug-likeness (QED) is 0.270. The number of benzene rings is 4. The van der Waals surface area contributed by atoms with E-state index in [4.69, 9.17) is 54.9 Å². The lowest BCUT2D eigenvalue weighted by Crippen LogP contribution is -2.48. The molecule has 0 saturated carbocycles. The first-order chi connectivity index (χ1) is 16.2. The summed E-state index contributed by atoms with van der Waals surface area (Å²) in [7, 11) is 45.2. The van der Waals surface area contributed by atoms with E-state index in [1.165, 1.54) is 0 Å². The largest absolute Gasteiger partial charge is 0.309 e. The predicted molar refractivity (Wildman–Crippen MR) is 159 cm³/mol. The number of thiophene rings is 1. The van der Waals surface area contributed by atoms with Gasteiger partial charge >= 0.3 is 0 Å². The van der Waals surface area contributed by atoms with Gasteiger partial charge in [0.05, 0.1) is 10.4 Å². The molecule has 6 rings (SSSR count). The molecule has 0 saturated heterocycles. The van der Waals surface area contributed by atoms with Crippen LogP contribution in [0.3, 0.4) is 0 Å². The third kappa shape index (κ3) is 2.76. The maximum atomic E-state index is 6.61. The molecule has 14 radical (unpaired) electrons. The van der Waals surface area contributed by atoms with Crippen LogP contribution in [0, 0.1) is 0 Å².